The van der Waals surface area contributed by atoms with E-state index in [4.69, 9.17) is 5.73 Å². The average molecular weight is 235 g/mol. The smallest absolute Gasteiger partial charge is 0.146 e. The van der Waals surface area contributed by atoms with Crippen LogP contribution >= 0.6 is 22.6 Å². The molecule has 2 N–H and O–H groups in total. The molecule has 1 rings (SSSR count). The standard InChI is InChI=1S/C5H6IN3/c1-3-5(7)9-4(6)2-8-3/h2H,1H3,(H2,7,9). The lowest BCUT2D eigenvalue weighted by molar-refractivity contribution is 1.10. The third kappa shape index (κ3) is 1.51. The molecule has 0 spiro atoms. The van der Waals surface area contributed by atoms with E-state index >= 15 is 0 Å². The minimum absolute atomic E-state index is 0.516. The zero-order valence-corrected chi connectivity index (χ0v) is 7.08. The molecule has 0 amide bonds. The van der Waals surface area contributed by atoms with Gasteiger partial charge < -0.3 is 5.73 Å². The van der Waals surface area contributed by atoms with Crippen LogP contribution < -0.4 is 5.73 Å². The first-order valence-corrected chi connectivity index (χ1v) is 3.52. The highest BCUT2D eigenvalue weighted by Gasteiger charge is 1.94. The van der Waals surface area contributed by atoms with E-state index in [-0.39, 0.29) is 0 Å². The molecule has 0 radical (unpaired) electrons. The maximum Gasteiger partial charge on any atom is 0.146 e. The largest absolute Gasteiger partial charge is 0.382 e. The van der Waals surface area contributed by atoms with Gasteiger partial charge >= 0.3 is 0 Å². The van der Waals surface area contributed by atoms with Crippen LogP contribution in [-0.4, -0.2) is 9.97 Å². The van der Waals surface area contributed by atoms with Crippen LogP contribution in [0.25, 0.3) is 0 Å². The van der Waals surface area contributed by atoms with Gasteiger partial charge in [0.05, 0.1) is 11.9 Å². The quantitative estimate of drug-likeness (QED) is 0.681. The van der Waals surface area contributed by atoms with Gasteiger partial charge in [0.1, 0.15) is 9.52 Å². The summed E-state index contributed by atoms with van der Waals surface area (Å²) in [5.74, 6) is 0.516. The van der Waals surface area contributed by atoms with Crippen LogP contribution in [0.1, 0.15) is 5.69 Å². The number of hydrogen-bond donors (Lipinski definition) is 1. The molecule has 0 saturated carbocycles. The third-order valence-corrected chi connectivity index (χ3v) is 1.48. The van der Waals surface area contributed by atoms with Gasteiger partial charge in [-0.1, -0.05) is 0 Å². The Bertz CT molecular complexity index is 223. The zero-order valence-electron chi connectivity index (χ0n) is 4.93. The Morgan fingerprint density at radius 1 is 1.67 bits per heavy atom. The van der Waals surface area contributed by atoms with Crippen LogP contribution in [0.2, 0.25) is 0 Å². The number of halogens is 1. The van der Waals surface area contributed by atoms with Gasteiger partial charge in [-0.25, -0.2) is 4.98 Å². The van der Waals surface area contributed by atoms with Crippen molar-refractivity contribution < 1.29 is 0 Å². The van der Waals surface area contributed by atoms with Gasteiger partial charge in [-0.3, -0.25) is 4.98 Å². The Labute approximate surface area is 66.8 Å². The summed E-state index contributed by atoms with van der Waals surface area (Å²) in [6, 6.07) is 0. The maximum absolute atomic E-state index is 5.44. The fraction of sp³-hybridized carbons (Fsp3) is 0.200. The van der Waals surface area contributed by atoms with Crippen LogP contribution in [0.3, 0.4) is 0 Å². The van der Waals surface area contributed by atoms with Crippen molar-refractivity contribution in [1.82, 2.24) is 9.97 Å². The van der Waals surface area contributed by atoms with Gasteiger partial charge in [0.25, 0.3) is 0 Å². The first-order chi connectivity index (χ1) is 4.20. The molecule has 0 aromatic carbocycles. The summed E-state index contributed by atoms with van der Waals surface area (Å²) in [6.45, 7) is 1.83. The number of aromatic nitrogens is 2. The van der Waals surface area contributed by atoms with Crippen molar-refractivity contribution >= 4 is 28.4 Å². The van der Waals surface area contributed by atoms with Crippen molar-refractivity contribution in [2.75, 3.05) is 5.73 Å². The Balaban J connectivity index is 3.17. The van der Waals surface area contributed by atoms with E-state index in [1.165, 1.54) is 0 Å². The lowest BCUT2D eigenvalue weighted by atomic mass is 10.5. The first-order valence-electron chi connectivity index (χ1n) is 2.45. The summed E-state index contributed by atoms with van der Waals surface area (Å²) in [5, 5.41) is 0. The molecule has 3 nitrogen and oxygen atoms in total. The summed E-state index contributed by atoms with van der Waals surface area (Å²) in [5.41, 5.74) is 6.23. The second-order valence-electron chi connectivity index (χ2n) is 1.66. The molecule has 0 aliphatic rings. The van der Waals surface area contributed by atoms with E-state index in [2.05, 4.69) is 32.6 Å². The van der Waals surface area contributed by atoms with E-state index in [0.29, 0.717) is 5.82 Å². The van der Waals surface area contributed by atoms with Crippen LogP contribution in [0, 0.1) is 10.6 Å². The molecule has 1 heterocycles. The van der Waals surface area contributed by atoms with Gasteiger partial charge in [0.15, 0.2) is 0 Å². The number of rotatable bonds is 0. The average Bonchev–Trinajstić information content (AvgIpc) is 1.80. The second-order valence-corrected chi connectivity index (χ2v) is 2.77. The van der Waals surface area contributed by atoms with Crippen LogP contribution in [0.4, 0.5) is 5.82 Å². The molecule has 4 heteroatoms. The normalized spacial score (nSPS) is 9.56. The van der Waals surface area contributed by atoms with Crippen LogP contribution in [0.15, 0.2) is 6.20 Å². The van der Waals surface area contributed by atoms with Gasteiger partial charge in [0.2, 0.25) is 0 Å². The molecule has 0 saturated heterocycles. The Morgan fingerprint density at radius 2 is 2.33 bits per heavy atom. The van der Waals surface area contributed by atoms with Crippen LogP contribution in [-0.2, 0) is 0 Å². The van der Waals surface area contributed by atoms with Crippen molar-refractivity contribution in [2.24, 2.45) is 0 Å². The second kappa shape index (κ2) is 2.47. The Hall–Kier alpha value is -0.390. The fourth-order valence-corrected chi connectivity index (χ4v) is 0.840. The van der Waals surface area contributed by atoms with Crippen molar-refractivity contribution in [3.63, 3.8) is 0 Å². The van der Waals surface area contributed by atoms with Crippen molar-refractivity contribution in [2.45, 2.75) is 6.92 Å². The van der Waals surface area contributed by atoms with Crippen molar-refractivity contribution in [3.8, 4) is 0 Å². The van der Waals surface area contributed by atoms with Gasteiger partial charge in [-0.15, -0.1) is 0 Å². The summed E-state index contributed by atoms with van der Waals surface area (Å²) < 4.78 is 0.829. The molecule has 0 fully saturated rings. The molecule has 48 valence electrons. The number of hydrogen-bond acceptors (Lipinski definition) is 3. The molecule has 0 aliphatic carbocycles. The predicted molar refractivity (Wildman–Crippen MR) is 43.9 cm³/mol. The summed E-state index contributed by atoms with van der Waals surface area (Å²) in [4.78, 5) is 7.96. The molecule has 0 unspecified atom stereocenters. The minimum Gasteiger partial charge on any atom is -0.382 e. The number of anilines is 1. The molecule has 0 atom stereocenters. The van der Waals surface area contributed by atoms with E-state index in [1.807, 2.05) is 6.92 Å². The van der Waals surface area contributed by atoms with Gasteiger partial charge in [-0.2, -0.15) is 0 Å². The van der Waals surface area contributed by atoms with Gasteiger partial charge in [0, 0.05) is 0 Å². The monoisotopic (exact) mass is 235 g/mol. The maximum atomic E-state index is 5.44. The summed E-state index contributed by atoms with van der Waals surface area (Å²) in [7, 11) is 0. The highest BCUT2D eigenvalue weighted by molar-refractivity contribution is 14.1. The molecular formula is C5H6IN3. The fourth-order valence-electron chi connectivity index (χ4n) is 0.441. The number of nitrogens with two attached hydrogens (primary N) is 1. The topological polar surface area (TPSA) is 51.8 Å². The predicted octanol–water partition coefficient (Wildman–Crippen LogP) is 0.972. The molecule has 0 bridgehead atoms. The van der Waals surface area contributed by atoms with E-state index in [9.17, 15) is 0 Å². The van der Waals surface area contributed by atoms with E-state index in [1.54, 1.807) is 6.20 Å². The lowest BCUT2D eigenvalue weighted by Crippen LogP contribution is -1.97. The summed E-state index contributed by atoms with van der Waals surface area (Å²) in [6.07, 6.45) is 1.69. The van der Waals surface area contributed by atoms with Crippen LogP contribution in [0.5, 0.6) is 0 Å². The molecule has 9 heavy (non-hydrogen) atoms. The highest BCUT2D eigenvalue weighted by atomic mass is 127. The minimum atomic E-state index is 0.516. The van der Waals surface area contributed by atoms with E-state index in [0.717, 1.165) is 9.39 Å². The molecule has 1 aromatic heterocycles. The van der Waals surface area contributed by atoms with Gasteiger partial charge in [-0.05, 0) is 29.5 Å². The van der Waals surface area contributed by atoms with E-state index < -0.39 is 0 Å². The molecule has 0 aliphatic heterocycles. The molecular weight excluding hydrogens is 229 g/mol. The number of nitrogen functional groups attached to an aromatic ring is 1. The SMILES string of the molecule is Cc1ncc(I)nc1N. The number of nitrogens with zero attached hydrogens (tertiary/aromatic N) is 2. The Morgan fingerprint density at radius 3 is 2.78 bits per heavy atom. The third-order valence-electron chi connectivity index (χ3n) is 0.963. The van der Waals surface area contributed by atoms with Crippen molar-refractivity contribution in [3.05, 3.63) is 15.6 Å². The lowest BCUT2D eigenvalue weighted by Gasteiger charge is -1.95. The summed E-state index contributed by atoms with van der Waals surface area (Å²) >= 11 is 2.07. The first kappa shape index (κ1) is 6.73. The molecule has 1 aromatic rings. The highest BCUT2D eigenvalue weighted by Crippen LogP contribution is 2.04. The Kier molecular flexibility index (Phi) is 1.84. The number of aryl methyl sites for hydroxylation is 1. The zero-order chi connectivity index (χ0) is 6.85. The van der Waals surface area contributed by atoms with Crippen molar-refractivity contribution in [1.29, 1.82) is 0 Å².